The van der Waals surface area contributed by atoms with Crippen molar-refractivity contribution in [1.29, 1.82) is 0 Å². The van der Waals surface area contributed by atoms with E-state index in [1.165, 1.54) is 0 Å². The Balaban J connectivity index is 2.41. The molecule has 0 saturated heterocycles. The Morgan fingerprint density at radius 1 is 1.23 bits per heavy atom. The summed E-state index contributed by atoms with van der Waals surface area (Å²) in [5.41, 5.74) is 1.04. The van der Waals surface area contributed by atoms with Crippen molar-refractivity contribution >= 4 is 55.1 Å². The number of halogens is 4. The molecule has 0 spiro atoms. The van der Waals surface area contributed by atoms with Gasteiger partial charge in [-0.25, -0.2) is 0 Å². The lowest BCUT2D eigenvalue weighted by Crippen LogP contribution is -1.90. The fraction of sp³-hybridized carbons (Fsp3) is 0.333. The Morgan fingerprint density at radius 2 is 1.69 bits per heavy atom. The van der Waals surface area contributed by atoms with Gasteiger partial charge in [-0.05, 0) is 24.1 Å². The van der Waals surface area contributed by atoms with Crippen molar-refractivity contribution in [3.05, 3.63) is 33.8 Å². The van der Waals surface area contributed by atoms with Gasteiger partial charge in [0, 0.05) is 16.0 Å². The first-order valence-corrected chi connectivity index (χ1v) is 6.18. The van der Waals surface area contributed by atoms with E-state index in [1.54, 1.807) is 0 Å². The zero-order valence-electron chi connectivity index (χ0n) is 6.53. The van der Waals surface area contributed by atoms with E-state index in [0.717, 1.165) is 22.0 Å². The maximum Gasteiger partial charge on any atom is 0.0882 e. The van der Waals surface area contributed by atoms with Gasteiger partial charge in [0.25, 0.3) is 0 Å². The summed E-state index contributed by atoms with van der Waals surface area (Å²) in [5, 5.41) is 1.50. The first-order chi connectivity index (χ1) is 6.02. The lowest BCUT2D eigenvalue weighted by molar-refractivity contribution is 1.13. The third kappa shape index (κ3) is 1.92. The minimum Gasteiger partial charge on any atom is -0.0840 e. The molecule has 1 aromatic rings. The Hall–Kier alpha value is 0.760. The fourth-order valence-corrected chi connectivity index (χ4v) is 3.14. The SMILES string of the molecule is Clc1cccc(Cl)c1C1CC1(Br)Br. The highest BCUT2D eigenvalue weighted by molar-refractivity contribution is 9.25. The molecule has 1 aromatic carbocycles. The predicted octanol–water partition coefficient (Wildman–Crippen LogP) is 4.97. The molecule has 0 amide bonds. The van der Waals surface area contributed by atoms with Crippen LogP contribution in [0, 0.1) is 0 Å². The lowest BCUT2D eigenvalue weighted by atomic mass is 10.1. The second kappa shape index (κ2) is 3.41. The Bertz CT molecular complexity index is 329. The summed E-state index contributed by atoms with van der Waals surface area (Å²) in [6, 6.07) is 5.61. The minimum atomic E-state index is 0.00856. The van der Waals surface area contributed by atoms with Gasteiger partial charge in [-0.2, -0.15) is 0 Å². The molecule has 1 aliphatic rings. The van der Waals surface area contributed by atoms with Crippen molar-refractivity contribution in [3.8, 4) is 0 Å². The van der Waals surface area contributed by atoms with E-state index in [4.69, 9.17) is 23.2 Å². The molecule has 1 fully saturated rings. The molecule has 4 heteroatoms. The molecular formula is C9H6Br2Cl2. The summed E-state index contributed by atoms with van der Waals surface area (Å²) in [7, 11) is 0. The van der Waals surface area contributed by atoms with Gasteiger partial charge in [0.2, 0.25) is 0 Å². The van der Waals surface area contributed by atoms with Gasteiger partial charge < -0.3 is 0 Å². The summed E-state index contributed by atoms with van der Waals surface area (Å²) in [6.07, 6.45) is 1.02. The van der Waals surface area contributed by atoms with Crippen molar-refractivity contribution in [2.75, 3.05) is 0 Å². The smallest absolute Gasteiger partial charge is 0.0840 e. The molecule has 1 unspecified atom stereocenters. The molecule has 1 atom stereocenters. The molecule has 70 valence electrons. The Labute approximate surface area is 104 Å². The van der Waals surface area contributed by atoms with Crippen LogP contribution in [0.15, 0.2) is 18.2 Å². The highest BCUT2D eigenvalue weighted by atomic mass is 79.9. The van der Waals surface area contributed by atoms with Gasteiger partial charge in [-0.15, -0.1) is 0 Å². The highest BCUT2D eigenvalue weighted by Crippen LogP contribution is 2.64. The van der Waals surface area contributed by atoms with E-state index >= 15 is 0 Å². The molecule has 1 aliphatic carbocycles. The van der Waals surface area contributed by atoms with Crippen molar-refractivity contribution in [2.45, 2.75) is 15.6 Å². The van der Waals surface area contributed by atoms with Crippen molar-refractivity contribution in [1.82, 2.24) is 0 Å². The molecule has 0 bridgehead atoms. The van der Waals surface area contributed by atoms with E-state index in [-0.39, 0.29) is 3.23 Å². The highest BCUT2D eigenvalue weighted by Gasteiger charge is 2.52. The number of benzene rings is 1. The van der Waals surface area contributed by atoms with Crippen molar-refractivity contribution in [2.24, 2.45) is 0 Å². The van der Waals surface area contributed by atoms with Gasteiger partial charge in [-0.3, -0.25) is 0 Å². The van der Waals surface area contributed by atoms with Crippen LogP contribution in [0.5, 0.6) is 0 Å². The maximum absolute atomic E-state index is 6.07. The quantitative estimate of drug-likeness (QED) is 0.631. The molecule has 0 aromatic heterocycles. The fourth-order valence-electron chi connectivity index (χ4n) is 1.37. The molecule has 0 radical (unpaired) electrons. The van der Waals surface area contributed by atoms with E-state index in [1.807, 2.05) is 18.2 Å². The molecule has 13 heavy (non-hydrogen) atoms. The van der Waals surface area contributed by atoms with E-state index in [0.29, 0.717) is 5.92 Å². The van der Waals surface area contributed by atoms with Gasteiger partial charge >= 0.3 is 0 Å². The van der Waals surface area contributed by atoms with Gasteiger partial charge in [0.15, 0.2) is 0 Å². The number of rotatable bonds is 1. The number of hydrogen-bond acceptors (Lipinski definition) is 0. The first-order valence-electron chi connectivity index (χ1n) is 3.84. The van der Waals surface area contributed by atoms with Crippen molar-refractivity contribution in [3.63, 3.8) is 0 Å². The maximum atomic E-state index is 6.07. The van der Waals surface area contributed by atoms with Crippen LogP contribution in [0.4, 0.5) is 0 Å². The Morgan fingerprint density at radius 3 is 2.08 bits per heavy atom. The zero-order valence-corrected chi connectivity index (χ0v) is 11.2. The normalized spacial score (nSPS) is 24.5. The average Bonchev–Trinajstić information content (AvgIpc) is 2.59. The van der Waals surface area contributed by atoms with Crippen LogP contribution in [-0.4, -0.2) is 3.23 Å². The summed E-state index contributed by atoms with van der Waals surface area (Å²) in [4.78, 5) is 0. The third-order valence-corrected chi connectivity index (χ3v) is 4.59. The van der Waals surface area contributed by atoms with Gasteiger partial charge in [0.1, 0.15) is 0 Å². The Kier molecular flexibility index (Phi) is 2.69. The summed E-state index contributed by atoms with van der Waals surface area (Å²) < 4.78 is 0.00856. The zero-order chi connectivity index (χ0) is 9.64. The van der Waals surface area contributed by atoms with Crippen LogP contribution < -0.4 is 0 Å². The van der Waals surface area contributed by atoms with Crippen LogP contribution >= 0.6 is 55.1 Å². The molecule has 1 saturated carbocycles. The molecule has 0 nitrogen and oxygen atoms in total. The van der Waals surface area contributed by atoms with Crippen LogP contribution in [0.2, 0.25) is 10.0 Å². The molecular weight excluding hydrogens is 339 g/mol. The van der Waals surface area contributed by atoms with Crippen LogP contribution in [-0.2, 0) is 0 Å². The summed E-state index contributed by atoms with van der Waals surface area (Å²) in [5.74, 6) is 0.383. The molecule has 0 heterocycles. The summed E-state index contributed by atoms with van der Waals surface area (Å²) >= 11 is 19.2. The predicted molar refractivity (Wildman–Crippen MR) is 64.4 cm³/mol. The number of hydrogen-bond donors (Lipinski definition) is 0. The van der Waals surface area contributed by atoms with Gasteiger partial charge in [0.05, 0.1) is 3.23 Å². The van der Waals surface area contributed by atoms with Crippen molar-refractivity contribution < 1.29 is 0 Å². The second-order valence-corrected chi connectivity index (χ2v) is 7.86. The lowest BCUT2D eigenvalue weighted by Gasteiger charge is -2.06. The average molecular weight is 345 g/mol. The second-order valence-electron chi connectivity index (χ2n) is 3.15. The minimum absolute atomic E-state index is 0.00856. The van der Waals surface area contributed by atoms with Crippen LogP contribution in [0.1, 0.15) is 17.9 Å². The third-order valence-electron chi connectivity index (χ3n) is 2.17. The first kappa shape index (κ1) is 10.3. The topological polar surface area (TPSA) is 0 Å². The molecule has 0 N–H and O–H groups in total. The van der Waals surface area contributed by atoms with E-state index < -0.39 is 0 Å². The molecule has 2 rings (SSSR count). The van der Waals surface area contributed by atoms with E-state index in [9.17, 15) is 0 Å². The standard InChI is InChI=1S/C9H6Br2Cl2/c10-9(11)4-5(9)8-6(12)2-1-3-7(8)13/h1-3,5H,4H2. The number of alkyl halides is 2. The van der Waals surface area contributed by atoms with Gasteiger partial charge in [-0.1, -0.05) is 61.1 Å². The summed E-state index contributed by atoms with van der Waals surface area (Å²) in [6.45, 7) is 0. The monoisotopic (exact) mass is 342 g/mol. The molecule has 0 aliphatic heterocycles. The van der Waals surface area contributed by atoms with Crippen LogP contribution in [0.25, 0.3) is 0 Å². The van der Waals surface area contributed by atoms with Crippen LogP contribution in [0.3, 0.4) is 0 Å². The van der Waals surface area contributed by atoms with E-state index in [2.05, 4.69) is 31.9 Å². The largest absolute Gasteiger partial charge is 0.0882 e.